The predicted octanol–water partition coefficient (Wildman–Crippen LogP) is 3.96. The molecule has 0 fully saturated rings. The van der Waals surface area contributed by atoms with Crippen LogP contribution >= 0.6 is 11.6 Å². The molecule has 20 heavy (non-hydrogen) atoms. The summed E-state index contributed by atoms with van der Waals surface area (Å²) < 4.78 is 5.73. The maximum atomic E-state index is 5.91. The molecule has 0 aliphatic rings. The molecule has 106 valence electrons. The van der Waals surface area contributed by atoms with Crippen LogP contribution in [0, 0.1) is 0 Å². The van der Waals surface area contributed by atoms with Crippen LogP contribution in [-0.4, -0.2) is 16.6 Å². The van der Waals surface area contributed by atoms with Gasteiger partial charge in [0.15, 0.2) is 0 Å². The molecule has 0 amide bonds. The maximum Gasteiger partial charge on any atom is 0.213 e. The second kappa shape index (κ2) is 7.25. The van der Waals surface area contributed by atoms with Crippen molar-refractivity contribution in [1.29, 1.82) is 0 Å². The van der Waals surface area contributed by atoms with Gasteiger partial charge in [0, 0.05) is 36.0 Å². The second-order valence-electron chi connectivity index (χ2n) is 4.95. The van der Waals surface area contributed by atoms with E-state index in [4.69, 9.17) is 16.3 Å². The van der Waals surface area contributed by atoms with Gasteiger partial charge in [-0.1, -0.05) is 19.9 Å². The van der Waals surface area contributed by atoms with Crippen LogP contribution in [0.25, 0.3) is 0 Å². The molecule has 0 N–H and O–H groups in total. The zero-order valence-corrected chi connectivity index (χ0v) is 12.6. The van der Waals surface area contributed by atoms with Gasteiger partial charge in [-0.15, -0.1) is 11.6 Å². The van der Waals surface area contributed by atoms with Gasteiger partial charge in [0.25, 0.3) is 0 Å². The van der Waals surface area contributed by atoms with Crippen LogP contribution in [0.2, 0.25) is 0 Å². The number of nitrogens with zero attached hydrogens (tertiary/aromatic N) is 2. The average Bonchev–Trinajstić information content (AvgIpc) is 2.48. The van der Waals surface area contributed by atoms with Crippen molar-refractivity contribution in [3.05, 3.63) is 53.5 Å². The normalized spacial score (nSPS) is 10.8. The molecule has 0 aliphatic heterocycles. The smallest absolute Gasteiger partial charge is 0.213 e. The second-order valence-corrected chi connectivity index (χ2v) is 5.21. The lowest BCUT2D eigenvalue weighted by Gasteiger charge is -2.11. The van der Waals surface area contributed by atoms with E-state index in [1.165, 1.54) is 0 Å². The highest BCUT2D eigenvalue weighted by Gasteiger charge is 2.07. The van der Waals surface area contributed by atoms with E-state index in [9.17, 15) is 0 Å². The van der Waals surface area contributed by atoms with Crippen molar-refractivity contribution in [3.8, 4) is 5.88 Å². The van der Waals surface area contributed by atoms with Crippen LogP contribution in [0.15, 0.2) is 36.5 Å². The molecule has 0 bridgehead atoms. The third-order valence-corrected chi connectivity index (χ3v) is 3.27. The molecule has 2 aromatic rings. The Bertz CT molecular complexity index is 543. The van der Waals surface area contributed by atoms with E-state index in [0.717, 1.165) is 23.4 Å². The lowest BCUT2D eigenvalue weighted by molar-refractivity contribution is 0.306. The van der Waals surface area contributed by atoms with Crippen LogP contribution < -0.4 is 4.74 Å². The van der Waals surface area contributed by atoms with Crippen LogP contribution in [0.3, 0.4) is 0 Å². The Balaban J connectivity index is 2.00. The molecule has 2 aromatic heterocycles. The molecule has 0 saturated carbocycles. The fourth-order valence-corrected chi connectivity index (χ4v) is 1.99. The topological polar surface area (TPSA) is 35.0 Å². The lowest BCUT2D eigenvalue weighted by Crippen LogP contribution is -2.06. The quantitative estimate of drug-likeness (QED) is 0.755. The van der Waals surface area contributed by atoms with Gasteiger partial charge < -0.3 is 4.74 Å². The molecular weight excluding hydrogens is 272 g/mol. The SMILES string of the molecule is CC(C)c1cc(CCl)cc(OCCc2ccccn2)n1. The van der Waals surface area contributed by atoms with E-state index in [1.807, 2.05) is 30.3 Å². The molecule has 0 aromatic carbocycles. The number of hydrogen-bond donors (Lipinski definition) is 0. The Kier molecular flexibility index (Phi) is 5.36. The van der Waals surface area contributed by atoms with Crippen molar-refractivity contribution in [2.45, 2.75) is 32.1 Å². The minimum absolute atomic E-state index is 0.358. The first-order chi connectivity index (χ1) is 9.69. The van der Waals surface area contributed by atoms with E-state index in [2.05, 4.69) is 23.8 Å². The molecule has 0 atom stereocenters. The Morgan fingerprint density at radius 1 is 1.25 bits per heavy atom. The van der Waals surface area contributed by atoms with Crippen molar-refractivity contribution in [3.63, 3.8) is 0 Å². The zero-order chi connectivity index (χ0) is 14.4. The number of ether oxygens (including phenoxy) is 1. The molecule has 2 heterocycles. The predicted molar refractivity (Wildman–Crippen MR) is 81.3 cm³/mol. The van der Waals surface area contributed by atoms with E-state index >= 15 is 0 Å². The summed E-state index contributed by atoms with van der Waals surface area (Å²) in [5.74, 6) is 1.47. The fourth-order valence-electron chi connectivity index (χ4n) is 1.84. The van der Waals surface area contributed by atoms with Crippen molar-refractivity contribution in [2.24, 2.45) is 0 Å². The molecule has 0 unspecified atom stereocenters. The van der Waals surface area contributed by atoms with Gasteiger partial charge in [-0.25, -0.2) is 4.98 Å². The number of aromatic nitrogens is 2. The Morgan fingerprint density at radius 3 is 2.75 bits per heavy atom. The minimum atomic E-state index is 0.358. The van der Waals surface area contributed by atoms with Gasteiger partial charge in [-0.05, 0) is 29.7 Å². The monoisotopic (exact) mass is 290 g/mol. The number of pyridine rings is 2. The number of halogens is 1. The highest BCUT2D eigenvalue weighted by molar-refractivity contribution is 6.17. The molecule has 3 nitrogen and oxygen atoms in total. The number of alkyl halides is 1. The summed E-state index contributed by atoms with van der Waals surface area (Å²) in [6.45, 7) is 4.78. The lowest BCUT2D eigenvalue weighted by atomic mass is 10.1. The van der Waals surface area contributed by atoms with E-state index in [0.29, 0.717) is 24.3 Å². The van der Waals surface area contributed by atoms with Gasteiger partial charge in [0.1, 0.15) is 0 Å². The first-order valence-electron chi connectivity index (χ1n) is 6.78. The third-order valence-electron chi connectivity index (χ3n) is 2.96. The average molecular weight is 291 g/mol. The molecule has 0 saturated heterocycles. The van der Waals surface area contributed by atoms with Crippen molar-refractivity contribution < 1.29 is 4.74 Å². The fraction of sp³-hybridized carbons (Fsp3) is 0.375. The van der Waals surface area contributed by atoms with Crippen molar-refractivity contribution in [2.75, 3.05) is 6.61 Å². The van der Waals surface area contributed by atoms with Gasteiger partial charge in [-0.2, -0.15) is 0 Å². The highest BCUT2D eigenvalue weighted by Crippen LogP contribution is 2.20. The molecular formula is C16H19ClN2O. The summed E-state index contributed by atoms with van der Waals surface area (Å²) in [7, 11) is 0. The van der Waals surface area contributed by atoms with E-state index < -0.39 is 0 Å². The Labute approximate surface area is 125 Å². The molecule has 0 aliphatic carbocycles. The van der Waals surface area contributed by atoms with Gasteiger partial charge >= 0.3 is 0 Å². The van der Waals surface area contributed by atoms with Gasteiger partial charge in [0.05, 0.1) is 6.61 Å². The zero-order valence-electron chi connectivity index (χ0n) is 11.8. The van der Waals surface area contributed by atoms with Crippen LogP contribution in [0.1, 0.15) is 36.7 Å². The van der Waals surface area contributed by atoms with E-state index in [-0.39, 0.29) is 0 Å². The highest BCUT2D eigenvalue weighted by atomic mass is 35.5. The molecule has 4 heteroatoms. The minimum Gasteiger partial charge on any atom is -0.477 e. The first-order valence-corrected chi connectivity index (χ1v) is 7.32. The van der Waals surface area contributed by atoms with Gasteiger partial charge in [0.2, 0.25) is 5.88 Å². The number of rotatable bonds is 6. The summed E-state index contributed by atoms with van der Waals surface area (Å²) in [5.41, 5.74) is 3.07. The summed E-state index contributed by atoms with van der Waals surface area (Å²) in [6.07, 6.45) is 2.56. The summed E-state index contributed by atoms with van der Waals surface area (Å²) in [5, 5.41) is 0. The summed E-state index contributed by atoms with van der Waals surface area (Å²) in [6, 6.07) is 9.81. The molecule has 0 spiro atoms. The van der Waals surface area contributed by atoms with Crippen LogP contribution in [-0.2, 0) is 12.3 Å². The van der Waals surface area contributed by atoms with Crippen LogP contribution in [0.4, 0.5) is 0 Å². The largest absolute Gasteiger partial charge is 0.477 e. The standard InChI is InChI=1S/C16H19ClN2O/c1-12(2)15-9-13(11-17)10-16(19-15)20-8-6-14-5-3-4-7-18-14/h3-5,7,9-10,12H,6,8,11H2,1-2H3. The van der Waals surface area contributed by atoms with Gasteiger partial charge in [-0.3, -0.25) is 4.98 Å². The first kappa shape index (κ1) is 14.8. The Morgan fingerprint density at radius 2 is 2.10 bits per heavy atom. The third kappa shape index (κ3) is 4.20. The van der Waals surface area contributed by atoms with E-state index in [1.54, 1.807) is 6.20 Å². The molecule has 0 radical (unpaired) electrons. The number of hydrogen-bond acceptors (Lipinski definition) is 3. The van der Waals surface area contributed by atoms with Crippen LogP contribution in [0.5, 0.6) is 5.88 Å². The molecule has 2 rings (SSSR count). The summed E-state index contributed by atoms with van der Waals surface area (Å²) >= 11 is 5.91. The van der Waals surface area contributed by atoms with Crippen molar-refractivity contribution >= 4 is 11.6 Å². The maximum absolute atomic E-state index is 5.91. The van der Waals surface area contributed by atoms with Crippen molar-refractivity contribution in [1.82, 2.24) is 9.97 Å². The summed E-state index contributed by atoms with van der Waals surface area (Å²) in [4.78, 5) is 8.78. The Hall–Kier alpha value is -1.61.